The third kappa shape index (κ3) is 98.3. The smallest absolute Gasteiger partial charge is 0.316 e. The molecule has 13 heteroatoms. The summed E-state index contributed by atoms with van der Waals surface area (Å²) in [6.45, 7) is 0. The molecule has 0 saturated carbocycles. The standard InChI is InChI=1S/11Mg.2H2O.22H/h;;;;;;;;;;;2*1H2;;;;;;;;;;;;;;;;;;;;;;. The van der Waals surface area contributed by atoms with Crippen LogP contribution in [-0.4, -0.2) is 265 Å². The van der Waals surface area contributed by atoms with Gasteiger partial charge in [-0.05, 0) is 0 Å². The zero-order chi connectivity index (χ0) is 0. The maximum atomic E-state index is 0. The second-order valence-electron chi connectivity index (χ2n) is 0. The largest absolute Gasteiger partial charge is 0.412 e. The van der Waals surface area contributed by atoms with Crippen LogP contribution in [0.1, 0.15) is 0 Å². The third-order valence-electron chi connectivity index (χ3n) is 0. The SMILES string of the molecule is O.O.[MgH2].[MgH2].[MgH2].[MgH2].[MgH2].[MgH2].[MgH2].[MgH2].[MgH2].[MgH2].[MgH2]. The van der Waals surface area contributed by atoms with Crippen molar-refractivity contribution >= 4 is 254 Å². The van der Waals surface area contributed by atoms with Gasteiger partial charge in [0.1, 0.15) is 0 Å². The Morgan fingerprint density at radius 3 is 0.154 bits per heavy atom. The van der Waals surface area contributed by atoms with Gasteiger partial charge in [0.2, 0.25) is 0 Å². The Morgan fingerprint density at radius 1 is 0.154 bits per heavy atom. The van der Waals surface area contributed by atoms with Gasteiger partial charge in [-0.2, -0.15) is 0 Å². The highest BCUT2D eigenvalue weighted by molar-refractivity contribution is 5.76. The van der Waals surface area contributed by atoms with Crippen LogP contribution in [0.15, 0.2) is 0 Å². The maximum absolute atomic E-state index is 0. The summed E-state index contributed by atoms with van der Waals surface area (Å²) in [6.07, 6.45) is 0. The summed E-state index contributed by atoms with van der Waals surface area (Å²) < 4.78 is 0. The molecule has 0 heterocycles. The minimum atomic E-state index is 0. The Morgan fingerprint density at radius 2 is 0.154 bits per heavy atom. The third-order valence-corrected chi connectivity index (χ3v) is 0. The Hall–Kier alpha value is 8.35. The van der Waals surface area contributed by atoms with Crippen molar-refractivity contribution in [3.8, 4) is 0 Å². The summed E-state index contributed by atoms with van der Waals surface area (Å²) in [4.78, 5) is 0. The first-order valence-corrected chi connectivity index (χ1v) is 0. The van der Waals surface area contributed by atoms with Gasteiger partial charge < -0.3 is 11.0 Å². The quantitative estimate of drug-likeness (QED) is 0.397. The second-order valence-corrected chi connectivity index (χ2v) is 0. The molecule has 0 spiro atoms. The second kappa shape index (κ2) is 109. The summed E-state index contributed by atoms with van der Waals surface area (Å²) >= 11 is 0. The topological polar surface area (TPSA) is 63.0 Å². The van der Waals surface area contributed by atoms with Crippen molar-refractivity contribution in [1.82, 2.24) is 0 Å². The lowest BCUT2D eigenvalue weighted by molar-refractivity contribution is 0.823. The molecule has 0 aromatic rings. The van der Waals surface area contributed by atoms with E-state index in [0.717, 1.165) is 0 Å². The number of rotatable bonds is 0. The Bertz CT molecular complexity index is 8.05. The van der Waals surface area contributed by atoms with E-state index in [1.54, 1.807) is 0 Å². The van der Waals surface area contributed by atoms with Crippen LogP contribution < -0.4 is 0 Å². The van der Waals surface area contributed by atoms with Crippen LogP contribution in [-0.2, 0) is 0 Å². The zero-order valence-electron chi connectivity index (χ0n) is 1.00. The molecule has 60 valence electrons. The van der Waals surface area contributed by atoms with Crippen molar-refractivity contribution in [3.05, 3.63) is 0 Å². The van der Waals surface area contributed by atoms with E-state index in [-0.39, 0.29) is 265 Å². The number of hydrogen-bond donors (Lipinski definition) is 0. The van der Waals surface area contributed by atoms with Crippen molar-refractivity contribution in [2.75, 3.05) is 0 Å². The highest BCUT2D eigenvalue weighted by Gasteiger charge is 0.326. The molecule has 0 aliphatic heterocycles. The Labute approximate surface area is 257 Å². The van der Waals surface area contributed by atoms with E-state index in [1.165, 1.54) is 0 Å². The lowest BCUT2D eigenvalue weighted by atomic mass is 16.0. The monoisotopic (exact) mass is 322 g/mol. The first kappa shape index (κ1) is 127. The van der Waals surface area contributed by atoms with Gasteiger partial charge in [-0.1, -0.05) is 0 Å². The molecule has 2 nitrogen and oxygen atoms in total. The first-order chi connectivity index (χ1) is 0. The summed E-state index contributed by atoms with van der Waals surface area (Å²) in [5, 5.41) is 0. The van der Waals surface area contributed by atoms with Crippen molar-refractivity contribution in [3.63, 3.8) is 0 Å². The van der Waals surface area contributed by atoms with Crippen molar-refractivity contribution < 1.29 is 11.0 Å². The predicted molar refractivity (Wildman–Crippen MR) is 101 cm³/mol. The van der Waals surface area contributed by atoms with Gasteiger partial charge in [0.25, 0.3) is 0 Å². The van der Waals surface area contributed by atoms with Crippen molar-refractivity contribution in [1.29, 1.82) is 0 Å². The summed E-state index contributed by atoms with van der Waals surface area (Å²) in [6, 6.07) is 0. The molecule has 4 N–H and O–H groups in total. The molecule has 0 aromatic heterocycles. The molecule has 0 saturated heterocycles. The van der Waals surface area contributed by atoms with Gasteiger partial charge in [-0.3, -0.25) is 0 Å². The molecule has 13 heavy (non-hydrogen) atoms. The van der Waals surface area contributed by atoms with Crippen LogP contribution in [0.3, 0.4) is 0 Å². The molecule has 0 aromatic carbocycles. The minimum absolute atomic E-state index is 0. The fourth-order valence-corrected chi connectivity index (χ4v) is 0. The number of hydrogen-bond acceptors (Lipinski definition) is 0. The lowest BCUT2D eigenvalue weighted by Gasteiger charge is -0.413. The first-order valence-electron chi connectivity index (χ1n) is 0. The summed E-state index contributed by atoms with van der Waals surface area (Å²) in [5.41, 5.74) is 0. The van der Waals surface area contributed by atoms with E-state index in [4.69, 9.17) is 0 Å². The molecule has 0 fully saturated rings. The molecule has 0 atom stereocenters. The van der Waals surface area contributed by atoms with E-state index in [2.05, 4.69) is 0 Å². The van der Waals surface area contributed by atoms with Gasteiger partial charge in [-0.15, -0.1) is 0 Å². The normalized spacial score (nSPS) is 0. The highest BCUT2D eigenvalue weighted by Crippen LogP contribution is -0.288. The van der Waals surface area contributed by atoms with E-state index in [1.807, 2.05) is 0 Å². The van der Waals surface area contributed by atoms with E-state index < -0.39 is 0 Å². The molecule has 0 aliphatic carbocycles. The van der Waals surface area contributed by atoms with Gasteiger partial charge in [-0.25, -0.2) is 0 Å². The van der Waals surface area contributed by atoms with Gasteiger partial charge in [0.15, 0.2) is 0 Å². The maximum Gasteiger partial charge on any atom is 0.316 e. The molecule has 0 unspecified atom stereocenters. The molecule has 0 rings (SSSR count). The van der Waals surface area contributed by atoms with E-state index in [9.17, 15) is 0 Å². The molecule has 0 bridgehead atoms. The van der Waals surface area contributed by atoms with Gasteiger partial charge in [0.05, 0.1) is 0 Å². The van der Waals surface area contributed by atoms with Crippen LogP contribution in [0.5, 0.6) is 0 Å². The molecule has 0 aliphatic rings. The molecule has 0 radical (unpaired) electrons. The average Bonchev–Trinajstić information content (AvgIpc) is 0. The van der Waals surface area contributed by atoms with E-state index in [0.29, 0.717) is 0 Å². The van der Waals surface area contributed by atoms with Crippen molar-refractivity contribution in [2.24, 2.45) is 0 Å². The highest BCUT2D eigenvalue weighted by atomic mass is 24.3. The van der Waals surface area contributed by atoms with Crippen LogP contribution in [0.25, 0.3) is 0 Å². The van der Waals surface area contributed by atoms with Crippen LogP contribution in [0.4, 0.5) is 0 Å². The summed E-state index contributed by atoms with van der Waals surface area (Å²) in [5.74, 6) is 0. The summed E-state index contributed by atoms with van der Waals surface area (Å²) in [7, 11) is 0. The fourth-order valence-electron chi connectivity index (χ4n) is 0. The fraction of sp³-hybridized carbons (Fsp3) is 0. The van der Waals surface area contributed by atoms with Gasteiger partial charge >= 0.3 is 254 Å². The predicted octanol–water partition coefficient (Wildman–Crippen LogP) is -11.7. The Kier molecular flexibility index (Phi) is 1070. The van der Waals surface area contributed by atoms with Crippen LogP contribution >= 0.6 is 0 Å². The van der Waals surface area contributed by atoms with Crippen LogP contribution in [0.2, 0.25) is 0 Å². The van der Waals surface area contributed by atoms with Crippen molar-refractivity contribution in [2.45, 2.75) is 0 Å². The van der Waals surface area contributed by atoms with Gasteiger partial charge in [0, 0.05) is 0 Å². The zero-order valence-corrected chi connectivity index (χ0v) is 1.00. The molecule has 0 amide bonds. The molecular weight excluding hydrogens is 299 g/mol. The van der Waals surface area contributed by atoms with E-state index >= 15 is 0 Å². The lowest BCUT2D eigenvalue weighted by Crippen LogP contribution is -0.382. The Balaban J connectivity index is 0. The average molecular weight is 326 g/mol. The minimum Gasteiger partial charge on any atom is -0.412 e. The molecular formula is H26Mg11O2. The van der Waals surface area contributed by atoms with Crippen LogP contribution in [0, 0.1) is 0 Å².